The van der Waals surface area contributed by atoms with Crippen LogP contribution in [-0.2, 0) is 0 Å². The standard InChI is InChI=1S/C7H14N2O2/c8-7(11)9-5-3-1-2-4-6(5)10/h5-6,10H,1-4H2,(H3,8,9,11)/t5-,6-/m0/s1. The van der Waals surface area contributed by atoms with Crippen molar-refractivity contribution in [1.29, 1.82) is 0 Å². The highest BCUT2D eigenvalue weighted by molar-refractivity contribution is 5.72. The molecule has 0 spiro atoms. The lowest BCUT2D eigenvalue weighted by molar-refractivity contribution is 0.0952. The largest absolute Gasteiger partial charge is 0.391 e. The Hall–Kier alpha value is -0.770. The second kappa shape index (κ2) is 3.57. The van der Waals surface area contributed by atoms with Gasteiger partial charge in [-0.1, -0.05) is 12.8 Å². The SMILES string of the molecule is NC(=O)N[C@H]1CCCC[C@@H]1O. The first-order valence-electron chi connectivity index (χ1n) is 3.94. The van der Waals surface area contributed by atoms with Crippen LogP contribution < -0.4 is 11.1 Å². The number of nitrogens with one attached hydrogen (secondary N) is 1. The number of hydrogen-bond donors (Lipinski definition) is 3. The Morgan fingerprint density at radius 1 is 1.45 bits per heavy atom. The highest BCUT2D eigenvalue weighted by Gasteiger charge is 2.23. The number of amides is 2. The Bertz CT molecular complexity index is 149. The molecule has 0 aromatic heterocycles. The van der Waals surface area contributed by atoms with Gasteiger partial charge in [-0.15, -0.1) is 0 Å². The van der Waals surface area contributed by atoms with Crippen LogP contribution in [0.15, 0.2) is 0 Å². The van der Waals surface area contributed by atoms with Crippen LogP contribution in [0.5, 0.6) is 0 Å². The zero-order chi connectivity index (χ0) is 8.27. The Morgan fingerprint density at radius 3 is 2.64 bits per heavy atom. The zero-order valence-corrected chi connectivity index (χ0v) is 6.42. The predicted molar refractivity (Wildman–Crippen MR) is 41.0 cm³/mol. The minimum absolute atomic E-state index is 0.124. The average Bonchev–Trinajstić information content (AvgIpc) is 1.93. The molecule has 1 aliphatic carbocycles. The number of aliphatic hydroxyl groups is 1. The summed E-state index contributed by atoms with van der Waals surface area (Å²) in [7, 11) is 0. The molecular formula is C7H14N2O2. The molecule has 0 aliphatic heterocycles. The highest BCUT2D eigenvalue weighted by atomic mass is 16.3. The number of urea groups is 1. The first kappa shape index (κ1) is 8.33. The molecule has 0 radical (unpaired) electrons. The number of rotatable bonds is 1. The Balaban J connectivity index is 2.35. The molecule has 0 unspecified atom stereocenters. The van der Waals surface area contributed by atoms with Crippen LogP contribution in [0.4, 0.5) is 4.79 Å². The summed E-state index contributed by atoms with van der Waals surface area (Å²) in [5, 5.41) is 11.9. The van der Waals surface area contributed by atoms with Gasteiger partial charge in [-0.25, -0.2) is 4.79 Å². The van der Waals surface area contributed by atoms with Crippen LogP contribution in [0.3, 0.4) is 0 Å². The van der Waals surface area contributed by atoms with E-state index in [2.05, 4.69) is 5.32 Å². The van der Waals surface area contributed by atoms with E-state index < -0.39 is 12.1 Å². The van der Waals surface area contributed by atoms with E-state index in [0.717, 1.165) is 25.7 Å². The summed E-state index contributed by atoms with van der Waals surface area (Å²) in [5.74, 6) is 0. The topological polar surface area (TPSA) is 75.4 Å². The van der Waals surface area contributed by atoms with Crippen LogP contribution in [-0.4, -0.2) is 23.3 Å². The second-order valence-electron chi connectivity index (χ2n) is 2.97. The fourth-order valence-corrected chi connectivity index (χ4v) is 1.46. The third kappa shape index (κ3) is 2.38. The number of carbonyl (C=O) groups is 1. The van der Waals surface area contributed by atoms with E-state index in [-0.39, 0.29) is 6.04 Å². The van der Waals surface area contributed by atoms with Crippen molar-refractivity contribution in [3.05, 3.63) is 0 Å². The van der Waals surface area contributed by atoms with Gasteiger partial charge in [-0.05, 0) is 12.8 Å². The summed E-state index contributed by atoms with van der Waals surface area (Å²) in [5.41, 5.74) is 4.92. The van der Waals surface area contributed by atoms with Gasteiger partial charge >= 0.3 is 6.03 Å². The number of primary amides is 1. The molecule has 1 aliphatic rings. The predicted octanol–water partition coefficient (Wildman–Crippen LogP) is -0.0418. The van der Waals surface area contributed by atoms with Gasteiger partial charge in [0.2, 0.25) is 0 Å². The maximum Gasteiger partial charge on any atom is 0.312 e. The van der Waals surface area contributed by atoms with Crippen molar-refractivity contribution in [2.45, 2.75) is 37.8 Å². The first-order valence-corrected chi connectivity index (χ1v) is 3.94. The van der Waals surface area contributed by atoms with Gasteiger partial charge in [0.1, 0.15) is 0 Å². The quantitative estimate of drug-likeness (QED) is 0.500. The molecular weight excluding hydrogens is 144 g/mol. The van der Waals surface area contributed by atoms with Crippen molar-refractivity contribution < 1.29 is 9.90 Å². The lowest BCUT2D eigenvalue weighted by Gasteiger charge is -2.27. The van der Waals surface area contributed by atoms with Crippen LogP contribution in [0.2, 0.25) is 0 Å². The maximum absolute atomic E-state index is 10.4. The molecule has 1 fully saturated rings. The molecule has 1 rings (SSSR count). The van der Waals surface area contributed by atoms with Gasteiger partial charge in [0.25, 0.3) is 0 Å². The fourth-order valence-electron chi connectivity index (χ4n) is 1.46. The molecule has 0 aromatic carbocycles. The molecule has 0 saturated heterocycles. The third-order valence-electron chi connectivity index (χ3n) is 2.06. The van der Waals surface area contributed by atoms with Crippen LogP contribution in [0, 0.1) is 0 Å². The summed E-state index contributed by atoms with van der Waals surface area (Å²) >= 11 is 0. The first-order chi connectivity index (χ1) is 5.20. The number of aliphatic hydroxyl groups excluding tert-OH is 1. The second-order valence-corrected chi connectivity index (χ2v) is 2.97. The molecule has 4 N–H and O–H groups in total. The summed E-state index contributed by atoms with van der Waals surface area (Å²) < 4.78 is 0. The lowest BCUT2D eigenvalue weighted by Crippen LogP contribution is -2.47. The molecule has 4 nitrogen and oxygen atoms in total. The van der Waals surface area contributed by atoms with E-state index >= 15 is 0 Å². The molecule has 0 heterocycles. The molecule has 2 atom stereocenters. The van der Waals surface area contributed by atoms with Gasteiger partial charge in [-0.2, -0.15) is 0 Å². The van der Waals surface area contributed by atoms with E-state index in [0.29, 0.717) is 0 Å². The van der Waals surface area contributed by atoms with Crippen molar-refractivity contribution in [2.24, 2.45) is 5.73 Å². The summed E-state index contributed by atoms with van der Waals surface area (Å²) in [6.07, 6.45) is 3.30. The van der Waals surface area contributed by atoms with Crippen LogP contribution in [0.1, 0.15) is 25.7 Å². The maximum atomic E-state index is 10.4. The van der Waals surface area contributed by atoms with Crippen molar-refractivity contribution in [1.82, 2.24) is 5.32 Å². The van der Waals surface area contributed by atoms with Crippen LogP contribution in [0.25, 0.3) is 0 Å². The number of hydrogen-bond acceptors (Lipinski definition) is 2. The van der Waals surface area contributed by atoms with Crippen LogP contribution >= 0.6 is 0 Å². The van der Waals surface area contributed by atoms with Crippen molar-refractivity contribution >= 4 is 6.03 Å². The number of nitrogens with two attached hydrogens (primary N) is 1. The molecule has 4 heteroatoms. The van der Waals surface area contributed by atoms with Crippen molar-refractivity contribution in [2.75, 3.05) is 0 Å². The summed E-state index contributed by atoms with van der Waals surface area (Å²) in [6, 6.07) is -0.669. The van der Waals surface area contributed by atoms with E-state index in [1.165, 1.54) is 0 Å². The van der Waals surface area contributed by atoms with E-state index in [1.54, 1.807) is 0 Å². The van der Waals surface area contributed by atoms with Gasteiger partial charge in [-0.3, -0.25) is 0 Å². The van der Waals surface area contributed by atoms with Gasteiger partial charge in [0, 0.05) is 0 Å². The lowest BCUT2D eigenvalue weighted by atomic mass is 9.93. The van der Waals surface area contributed by atoms with E-state index in [9.17, 15) is 9.90 Å². The third-order valence-corrected chi connectivity index (χ3v) is 2.06. The monoisotopic (exact) mass is 158 g/mol. The normalized spacial score (nSPS) is 31.4. The number of carbonyl (C=O) groups excluding carboxylic acids is 1. The molecule has 0 bridgehead atoms. The summed E-state index contributed by atoms with van der Waals surface area (Å²) in [6.45, 7) is 0. The van der Waals surface area contributed by atoms with Gasteiger partial charge < -0.3 is 16.2 Å². The zero-order valence-electron chi connectivity index (χ0n) is 6.42. The van der Waals surface area contributed by atoms with Crippen molar-refractivity contribution in [3.63, 3.8) is 0 Å². The smallest absolute Gasteiger partial charge is 0.312 e. The average molecular weight is 158 g/mol. The molecule has 64 valence electrons. The van der Waals surface area contributed by atoms with E-state index in [1.807, 2.05) is 0 Å². The van der Waals surface area contributed by atoms with E-state index in [4.69, 9.17) is 5.73 Å². The Morgan fingerprint density at radius 2 is 2.09 bits per heavy atom. The fraction of sp³-hybridized carbons (Fsp3) is 0.857. The Kier molecular flexibility index (Phi) is 2.70. The molecule has 0 aromatic rings. The Labute approximate surface area is 65.8 Å². The minimum atomic E-state index is -0.545. The van der Waals surface area contributed by atoms with Gasteiger partial charge in [0.15, 0.2) is 0 Å². The molecule has 1 saturated carbocycles. The molecule has 11 heavy (non-hydrogen) atoms. The highest BCUT2D eigenvalue weighted by Crippen LogP contribution is 2.17. The van der Waals surface area contributed by atoms with Gasteiger partial charge in [0.05, 0.1) is 12.1 Å². The minimum Gasteiger partial charge on any atom is -0.391 e. The van der Waals surface area contributed by atoms with Crippen molar-refractivity contribution in [3.8, 4) is 0 Å². The summed E-state index contributed by atoms with van der Waals surface area (Å²) in [4.78, 5) is 10.4. The molecule has 2 amide bonds.